The molecule has 2 atom stereocenters. The van der Waals surface area contributed by atoms with Crippen LogP contribution in [0.5, 0.6) is 0 Å². The summed E-state index contributed by atoms with van der Waals surface area (Å²) in [6, 6.07) is 1.96. The summed E-state index contributed by atoms with van der Waals surface area (Å²) in [5, 5.41) is 3.39. The molecule has 0 aliphatic carbocycles. The zero-order valence-corrected chi connectivity index (χ0v) is 15.0. The first-order valence-electron chi connectivity index (χ1n) is 8.81. The van der Waals surface area contributed by atoms with Crippen molar-refractivity contribution in [1.29, 1.82) is 0 Å². The molecule has 24 heavy (non-hydrogen) atoms. The van der Waals surface area contributed by atoms with Gasteiger partial charge in [0.15, 0.2) is 0 Å². The molecule has 2 aliphatic heterocycles. The second-order valence-electron chi connectivity index (χ2n) is 6.92. The van der Waals surface area contributed by atoms with Crippen LogP contribution < -0.4 is 10.2 Å². The summed E-state index contributed by atoms with van der Waals surface area (Å²) in [7, 11) is 3.95. The van der Waals surface area contributed by atoms with Crippen molar-refractivity contribution < 1.29 is 9.47 Å². The molecule has 3 heterocycles. The van der Waals surface area contributed by atoms with Gasteiger partial charge in [-0.3, -0.25) is 4.90 Å². The monoisotopic (exact) mass is 335 g/mol. The van der Waals surface area contributed by atoms with E-state index in [0.29, 0.717) is 6.61 Å². The van der Waals surface area contributed by atoms with Crippen LogP contribution in [-0.4, -0.2) is 80.1 Å². The Morgan fingerprint density at radius 2 is 2.29 bits per heavy atom. The predicted octanol–water partition coefficient (Wildman–Crippen LogP) is 1.22. The lowest BCUT2D eigenvalue weighted by molar-refractivity contribution is -0.0818. The maximum atomic E-state index is 6.42. The second kappa shape index (κ2) is 7.63. The topological polar surface area (TPSA) is 62.8 Å². The zero-order chi connectivity index (χ0) is 17.0. The molecule has 0 radical (unpaired) electrons. The van der Waals surface area contributed by atoms with Gasteiger partial charge in [-0.2, -0.15) is 0 Å². The Balaban J connectivity index is 1.55. The molecule has 7 nitrogen and oxygen atoms in total. The number of nitrogens with one attached hydrogen (secondary N) is 1. The summed E-state index contributed by atoms with van der Waals surface area (Å²) in [5.41, 5.74) is -0.140. The Labute approximate surface area is 144 Å². The molecule has 0 saturated carbocycles. The highest BCUT2D eigenvalue weighted by atomic mass is 16.6. The van der Waals surface area contributed by atoms with E-state index in [1.165, 1.54) is 0 Å². The molecule has 0 aromatic carbocycles. The number of likely N-dealkylation sites (N-methyl/N-ethyl adjacent to an activating group) is 1. The van der Waals surface area contributed by atoms with E-state index in [4.69, 9.17) is 9.47 Å². The molecule has 3 rings (SSSR count). The largest absolute Gasteiger partial charge is 0.377 e. The maximum Gasteiger partial charge on any atom is 0.133 e. The highest BCUT2D eigenvalue weighted by Crippen LogP contribution is 2.33. The van der Waals surface area contributed by atoms with Gasteiger partial charge in [0.05, 0.1) is 19.3 Å². The molecule has 2 saturated heterocycles. The van der Waals surface area contributed by atoms with E-state index in [1.807, 2.05) is 25.1 Å². The smallest absolute Gasteiger partial charge is 0.133 e. The molecule has 1 aromatic heterocycles. The molecule has 1 N–H and O–H groups in total. The van der Waals surface area contributed by atoms with Gasteiger partial charge in [0, 0.05) is 39.8 Å². The number of rotatable bonds is 5. The van der Waals surface area contributed by atoms with Gasteiger partial charge < -0.3 is 19.7 Å². The Hall–Kier alpha value is -1.44. The lowest BCUT2D eigenvalue weighted by Gasteiger charge is -2.31. The summed E-state index contributed by atoms with van der Waals surface area (Å²) in [6.07, 6.45) is 3.90. The van der Waals surface area contributed by atoms with Crippen molar-refractivity contribution in [2.24, 2.45) is 0 Å². The van der Waals surface area contributed by atoms with Gasteiger partial charge in [-0.1, -0.05) is 6.92 Å². The number of anilines is 2. The van der Waals surface area contributed by atoms with Gasteiger partial charge in [0.2, 0.25) is 0 Å². The van der Waals surface area contributed by atoms with Crippen molar-refractivity contribution >= 4 is 11.6 Å². The molecular weight excluding hydrogens is 306 g/mol. The van der Waals surface area contributed by atoms with E-state index in [0.717, 1.165) is 57.3 Å². The minimum atomic E-state index is -0.140. The summed E-state index contributed by atoms with van der Waals surface area (Å²) in [5.74, 6) is 1.73. The normalized spacial score (nSPS) is 28.0. The van der Waals surface area contributed by atoms with Crippen LogP contribution in [0.3, 0.4) is 0 Å². The maximum absolute atomic E-state index is 6.42. The van der Waals surface area contributed by atoms with Crippen LogP contribution in [0.15, 0.2) is 12.4 Å². The number of hydrogen-bond acceptors (Lipinski definition) is 7. The van der Waals surface area contributed by atoms with Crippen LogP contribution in [0.25, 0.3) is 0 Å². The van der Waals surface area contributed by atoms with Crippen LogP contribution in [0, 0.1) is 0 Å². The van der Waals surface area contributed by atoms with E-state index in [2.05, 4.69) is 27.1 Å². The first-order valence-corrected chi connectivity index (χ1v) is 8.81. The first-order chi connectivity index (χ1) is 11.6. The van der Waals surface area contributed by atoms with E-state index in [-0.39, 0.29) is 11.7 Å². The first kappa shape index (κ1) is 17.4. The molecule has 0 amide bonds. The summed E-state index contributed by atoms with van der Waals surface area (Å²) < 4.78 is 12.2. The van der Waals surface area contributed by atoms with Gasteiger partial charge in [0.1, 0.15) is 23.6 Å². The van der Waals surface area contributed by atoms with E-state index in [1.54, 1.807) is 6.33 Å². The summed E-state index contributed by atoms with van der Waals surface area (Å²) in [4.78, 5) is 12.9. The number of ether oxygens (including phenoxy) is 2. The van der Waals surface area contributed by atoms with Crippen LogP contribution in [0.4, 0.5) is 11.6 Å². The Kier molecular flexibility index (Phi) is 5.53. The van der Waals surface area contributed by atoms with Gasteiger partial charge in [-0.05, 0) is 19.4 Å². The zero-order valence-electron chi connectivity index (χ0n) is 15.0. The van der Waals surface area contributed by atoms with E-state index < -0.39 is 0 Å². The highest BCUT2D eigenvalue weighted by molar-refractivity contribution is 5.47. The number of aromatic nitrogens is 2. The van der Waals surface area contributed by atoms with Crippen LogP contribution in [-0.2, 0) is 9.47 Å². The fraction of sp³-hybridized carbons (Fsp3) is 0.765. The van der Waals surface area contributed by atoms with Crippen molar-refractivity contribution in [3.8, 4) is 0 Å². The van der Waals surface area contributed by atoms with E-state index in [9.17, 15) is 0 Å². The minimum absolute atomic E-state index is 0.140. The second-order valence-corrected chi connectivity index (χ2v) is 6.92. The van der Waals surface area contributed by atoms with Crippen LogP contribution in [0.2, 0.25) is 0 Å². The van der Waals surface area contributed by atoms with Crippen molar-refractivity contribution in [1.82, 2.24) is 14.9 Å². The Bertz CT molecular complexity index is 541. The van der Waals surface area contributed by atoms with E-state index >= 15 is 0 Å². The SMILES string of the molecule is CCN1CCOCC2(CCC(CNc3cc(N(C)C)ncn3)O2)C1. The molecule has 1 spiro atoms. The lowest BCUT2D eigenvalue weighted by Crippen LogP contribution is -2.44. The third-order valence-electron chi connectivity index (χ3n) is 4.84. The van der Waals surface area contributed by atoms with Gasteiger partial charge in [-0.15, -0.1) is 0 Å². The average Bonchev–Trinajstić information content (AvgIpc) is 2.87. The van der Waals surface area contributed by atoms with Crippen molar-refractivity contribution in [3.05, 3.63) is 12.4 Å². The lowest BCUT2D eigenvalue weighted by atomic mass is 10.00. The predicted molar refractivity (Wildman–Crippen MR) is 94.6 cm³/mol. The fourth-order valence-corrected chi connectivity index (χ4v) is 3.42. The summed E-state index contributed by atoms with van der Waals surface area (Å²) in [6.45, 7) is 7.49. The quantitative estimate of drug-likeness (QED) is 0.868. The highest BCUT2D eigenvalue weighted by Gasteiger charge is 2.42. The van der Waals surface area contributed by atoms with Gasteiger partial charge >= 0.3 is 0 Å². The number of nitrogens with zero attached hydrogens (tertiary/aromatic N) is 4. The average molecular weight is 335 g/mol. The minimum Gasteiger partial charge on any atom is -0.377 e. The van der Waals surface area contributed by atoms with Crippen molar-refractivity contribution in [2.45, 2.75) is 31.5 Å². The van der Waals surface area contributed by atoms with Crippen LogP contribution in [0.1, 0.15) is 19.8 Å². The Morgan fingerprint density at radius 3 is 3.08 bits per heavy atom. The van der Waals surface area contributed by atoms with Crippen LogP contribution >= 0.6 is 0 Å². The fourth-order valence-electron chi connectivity index (χ4n) is 3.42. The van der Waals surface area contributed by atoms with Crippen molar-refractivity contribution in [3.63, 3.8) is 0 Å². The molecule has 134 valence electrons. The van der Waals surface area contributed by atoms with Gasteiger partial charge in [0.25, 0.3) is 0 Å². The molecule has 2 unspecified atom stereocenters. The standard InChI is InChI=1S/C17H29N5O2/c1-4-22-7-8-23-12-17(11-22)6-5-14(24-17)10-18-15-9-16(21(2)3)20-13-19-15/h9,13-14H,4-8,10-12H2,1-3H3,(H,18,19,20). The third-order valence-corrected chi connectivity index (χ3v) is 4.84. The van der Waals surface area contributed by atoms with Crippen molar-refractivity contribution in [2.75, 3.05) is 63.7 Å². The van der Waals surface area contributed by atoms with Gasteiger partial charge in [-0.25, -0.2) is 9.97 Å². The summed E-state index contributed by atoms with van der Waals surface area (Å²) >= 11 is 0. The third kappa shape index (κ3) is 4.15. The number of hydrogen-bond donors (Lipinski definition) is 1. The molecule has 1 aromatic rings. The molecular formula is C17H29N5O2. The molecule has 0 bridgehead atoms. The Morgan fingerprint density at radius 1 is 1.42 bits per heavy atom. The molecule has 7 heteroatoms. The molecule has 2 fully saturated rings. The molecule has 2 aliphatic rings.